The Morgan fingerprint density at radius 1 is 1.44 bits per heavy atom. The van der Waals surface area contributed by atoms with Crippen LogP contribution in [0.15, 0.2) is 16.7 Å². The number of ether oxygens (including phenoxy) is 1. The highest BCUT2D eigenvalue weighted by Crippen LogP contribution is 2.25. The van der Waals surface area contributed by atoms with Gasteiger partial charge in [0.1, 0.15) is 10.3 Å². The summed E-state index contributed by atoms with van der Waals surface area (Å²) in [4.78, 5) is 16.8. The monoisotopic (exact) mass is 286 g/mol. The molecule has 1 aliphatic heterocycles. The molecule has 0 amide bonds. The van der Waals surface area contributed by atoms with Crippen molar-refractivity contribution in [1.29, 1.82) is 0 Å². The minimum atomic E-state index is -1.02. The van der Waals surface area contributed by atoms with Crippen LogP contribution in [0, 0.1) is 0 Å². The number of hydrogen-bond donors (Lipinski definition) is 1. The van der Waals surface area contributed by atoms with Crippen LogP contribution in [-0.2, 0) is 4.74 Å². The van der Waals surface area contributed by atoms with E-state index in [0.29, 0.717) is 17.8 Å². The van der Waals surface area contributed by atoms with Crippen molar-refractivity contribution in [3.8, 4) is 0 Å². The van der Waals surface area contributed by atoms with Gasteiger partial charge in [-0.25, -0.2) is 9.78 Å². The van der Waals surface area contributed by atoms with Crippen LogP contribution >= 0.6 is 15.9 Å². The van der Waals surface area contributed by atoms with Crippen LogP contribution in [0.2, 0.25) is 0 Å². The summed E-state index contributed by atoms with van der Waals surface area (Å²) in [6.07, 6.45) is 0. The SMILES string of the molecule is O=C(O)c1ccc(N2CCOCC2)c(Br)n1. The smallest absolute Gasteiger partial charge is 0.354 e. The standard InChI is InChI=1S/C10H11BrN2O3/c11-9-8(13-3-5-16-6-4-13)2-1-7(12-9)10(14)15/h1-2H,3-6H2,(H,14,15). The number of anilines is 1. The number of halogens is 1. The van der Waals surface area contributed by atoms with E-state index >= 15 is 0 Å². The quantitative estimate of drug-likeness (QED) is 0.833. The van der Waals surface area contributed by atoms with Crippen molar-refractivity contribution in [2.24, 2.45) is 0 Å². The first kappa shape index (κ1) is 11.3. The molecule has 86 valence electrons. The fraction of sp³-hybridized carbons (Fsp3) is 0.400. The molecule has 0 aromatic carbocycles. The van der Waals surface area contributed by atoms with E-state index < -0.39 is 5.97 Å². The highest BCUT2D eigenvalue weighted by Gasteiger charge is 2.16. The van der Waals surface area contributed by atoms with E-state index in [4.69, 9.17) is 9.84 Å². The number of aromatic carboxylic acids is 1. The van der Waals surface area contributed by atoms with Crippen LogP contribution in [0.1, 0.15) is 10.5 Å². The highest BCUT2D eigenvalue weighted by molar-refractivity contribution is 9.10. The van der Waals surface area contributed by atoms with E-state index in [9.17, 15) is 4.79 Å². The molecule has 1 aromatic rings. The lowest BCUT2D eigenvalue weighted by molar-refractivity contribution is 0.0690. The summed E-state index contributed by atoms with van der Waals surface area (Å²) < 4.78 is 5.82. The summed E-state index contributed by atoms with van der Waals surface area (Å²) in [5.74, 6) is -1.02. The van der Waals surface area contributed by atoms with Gasteiger partial charge in [0.05, 0.1) is 18.9 Å². The minimum absolute atomic E-state index is 0.0453. The maximum absolute atomic E-state index is 10.7. The first-order valence-electron chi connectivity index (χ1n) is 4.91. The Balaban J connectivity index is 2.24. The molecular weight excluding hydrogens is 276 g/mol. The van der Waals surface area contributed by atoms with Gasteiger partial charge in [0.15, 0.2) is 0 Å². The molecule has 0 spiro atoms. The lowest BCUT2D eigenvalue weighted by atomic mass is 10.3. The van der Waals surface area contributed by atoms with Crippen molar-refractivity contribution < 1.29 is 14.6 Å². The second-order valence-electron chi connectivity index (χ2n) is 3.41. The van der Waals surface area contributed by atoms with Crippen LogP contribution in [0.5, 0.6) is 0 Å². The van der Waals surface area contributed by atoms with E-state index in [1.54, 1.807) is 6.07 Å². The first-order valence-corrected chi connectivity index (χ1v) is 5.70. The Hall–Kier alpha value is -1.14. The molecule has 2 heterocycles. The molecule has 16 heavy (non-hydrogen) atoms. The molecule has 1 saturated heterocycles. The zero-order chi connectivity index (χ0) is 11.5. The zero-order valence-corrected chi connectivity index (χ0v) is 10.1. The molecule has 0 atom stereocenters. The largest absolute Gasteiger partial charge is 0.477 e. The number of carboxylic acids is 1. The summed E-state index contributed by atoms with van der Waals surface area (Å²) in [5, 5.41) is 8.79. The predicted molar refractivity (Wildman–Crippen MR) is 61.9 cm³/mol. The second-order valence-corrected chi connectivity index (χ2v) is 4.16. The van der Waals surface area contributed by atoms with Gasteiger partial charge in [-0.2, -0.15) is 0 Å². The average Bonchev–Trinajstić information content (AvgIpc) is 2.30. The summed E-state index contributed by atoms with van der Waals surface area (Å²) in [6, 6.07) is 3.28. The summed E-state index contributed by atoms with van der Waals surface area (Å²) in [6.45, 7) is 2.97. The number of carbonyl (C=O) groups is 1. The lowest BCUT2D eigenvalue weighted by Crippen LogP contribution is -2.36. The van der Waals surface area contributed by atoms with Crippen LogP contribution in [0.25, 0.3) is 0 Å². The maximum Gasteiger partial charge on any atom is 0.354 e. The van der Waals surface area contributed by atoms with Crippen LogP contribution < -0.4 is 4.90 Å². The Kier molecular flexibility index (Phi) is 3.40. The maximum atomic E-state index is 10.7. The lowest BCUT2D eigenvalue weighted by Gasteiger charge is -2.29. The molecule has 5 nitrogen and oxygen atoms in total. The summed E-state index contributed by atoms with van der Waals surface area (Å²) >= 11 is 3.29. The number of morpholine rings is 1. The second kappa shape index (κ2) is 4.80. The third-order valence-electron chi connectivity index (χ3n) is 2.40. The minimum Gasteiger partial charge on any atom is -0.477 e. The molecule has 0 unspecified atom stereocenters. The summed E-state index contributed by atoms with van der Waals surface area (Å²) in [7, 11) is 0. The van der Waals surface area contributed by atoms with Gasteiger partial charge >= 0.3 is 5.97 Å². The number of rotatable bonds is 2. The Morgan fingerprint density at radius 2 is 2.12 bits per heavy atom. The van der Waals surface area contributed by atoms with Gasteiger partial charge < -0.3 is 14.7 Å². The number of aromatic nitrogens is 1. The van der Waals surface area contributed by atoms with Crippen molar-refractivity contribution in [2.75, 3.05) is 31.2 Å². The molecule has 2 rings (SSSR count). The van der Waals surface area contributed by atoms with Gasteiger partial charge in [0.25, 0.3) is 0 Å². The Labute approximate surface area is 101 Å². The van der Waals surface area contributed by atoms with Gasteiger partial charge in [-0.05, 0) is 28.1 Å². The van der Waals surface area contributed by atoms with E-state index in [0.717, 1.165) is 18.8 Å². The third kappa shape index (κ3) is 2.33. The number of pyridine rings is 1. The van der Waals surface area contributed by atoms with Crippen molar-refractivity contribution in [3.05, 3.63) is 22.4 Å². The number of nitrogens with zero attached hydrogens (tertiary/aromatic N) is 2. The molecule has 1 N–H and O–H groups in total. The van der Waals surface area contributed by atoms with Crippen LogP contribution in [-0.4, -0.2) is 42.4 Å². The van der Waals surface area contributed by atoms with Crippen molar-refractivity contribution in [2.45, 2.75) is 0 Å². The molecule has 0 aliphatic carbocycles. The normalized spacial score (nSPS) is 16.2. The molecule has 1 aromatic heterocycles. The number of hydrogen-bond acceptors (Lipinski definition) is 4. The number of carboxylic acid groups (broad SMARTS) is 1. The van der Waals surface area contributed by atoms with Gasteiger partial charge in [-0.1, -0.05) is 0 Å². The van der Waals surface area contributed by atoms with Crippen molar-refractivity contribution in [3.63, 3.8) is 0 Å². The van der Waals surface area contributed by atoms with E-state index in [1.807, 2.05) is 0 Å². The van der Waals surface area contributed by atoms with Crippen molar-refractivity contribution in [1.82, 2.24) is 4.98 Å². The van der Waals surface area contributed by atoms with Crippen LogP contribution in [0.3, 0.4) is 0 Å². The summed E-state index contributed by atoms with van der Waals surface area (Å²) in [5.41, 5.74) is 0.956. The third-order valence-corrected chi connectivity index (χ3v) is 2.98. The molecule has 6 heteroatoms. The molecule has 0 radical (unpaired) electrons. The van der Waals surface area contributed by atoms with Crippen molar-refractivity contribution >= 4 is 27.6 Å². The van der Waals surface area contributed by atoms with E-state index in [-0.39, 0.29) is 5.69 Å². The Morgan fingerprint density at radius 3 is 2.69 bits per heavy atom. The molecule has 0 bridgehead atoms. The van der Waals surface area contributed by atoms with Gasteiger partial charge in [-0.3, -0.25) is 0 Å². The van der Waals surface area contributed by atoms with Crippen LogP contribution in [0.4, 0.5) is 5.69 Å². The predicted octanol–water partition coefficient (Wildman–Crippen LogP) is 1.38. The zero-order valence-electron chi connectivity index (χ0n) is 8.52. The topological polar surface area (TPSA) is 62.7 Å². The molecule has 1 aliphatic rings. The van der Waals surface area contributed by atoms with E-state index in [2.05, 4.69) is 25.8 Å². The first-order chi connectivity index (χ1) is 7.68. The Bertz CT molecular complexity index is 405. The van der Waals surface area contributed by atoms with Gasteiger partial charge in [0.2, 0.25) is 0 Å². The highest BCUT2D eigenvalue weighted by atomic mass is 79.9. The van der Waals surface area contributed by atoms with E-state index in [1.165, 1.54) is 6.07 Å². The molecule has 1 fully saturated rings. The fourth-order valence-electron chi connectivity index (χ4n) is 1.59. The van der Waals surface area contributed by atoms with Gasteiger partial charge in [0, 0.05) is 13.1 Å². The molecule has 0 saturated carbocycles. The average molecular weight is 287 g/mol. The fourth-order valence-corrected chi connectivity index (χ4v) is 2.16. The molecular formula is C10H11BrN2O3. The van der Waals surface area contributed by atoms with Gasteiger partial charge in [-0.15, -0.1) is 0 Å².